The first kappa shape index (κ1) is 23.2. The number of carbonyl (C=O) groups excluding carboxylic acids is 1. The Morgan fingerprint density at radius 1 is 1.23 bits per heavy atom. The lowest BCUT2D eigenvalue weighted by Crippen LogP contribution is -2.32. The molecule has 7 heteroatoms. The Kier molecular flexibility index (Phi) is 6.13. The van der Waals surface area contributed by atoms with Crippen LogP contribution in [-0.4, -0.2) is 69.1 Å². The van der Waals surface area contributed by atoms with E-state index < -0.39 is 6.10 Å². The zero-order chi connectivity index (χ0) is 24.7. The van der Waals surface area contributed by atoms with Crippen molar-refractivity contribution >= 4 is 17.1 Å². The van der Waals surface area contributed by atoms with Crippen molar-refractivity contribution in [1.29, 1.82) is 0 Å². The summed E-state index contributed by atoms with van der Waals surface area (Å²) in [5, 5.41) is 9.57. The highest BCUT2D eigenvalue weighted by atomic mass is 16.3. The van der Waals surface area contributed by atoms with Crippen LogP contribution in [0.5, 0.6) is 0 Å². The maximum atomic E-state index is 12.6. The molecule has 1 amide bonds. The van der Waals surface area contributed by atoms with Crippen LogP contribution in [0.3, 0.4) is 0 Å². The largest absolute Gasteiger partial charge is 0.392 e. The smallest absolute Gasteiger partial charge is 0.253 e. The van der Waals surface area contributed by atoms with Gasteiger partial charge in [-0.25, -0.2) is 9.97 Å². The lowest BCUT2D eigenvalue weighted by atomic mass is 9.92. The molecule has 5 rings (SSSR count). The summed E-state index contributed by atoms with van der Waals surface area (Å²) < 4.78 is 0. The van der Waals surface area contributed by atoms with Gasteiger partial charge in [-0.3, -0.25) is 4.79 Å². The van der Waals surface area contributed by atoms with Crippen LogP contribution < -0.4 is 0 Å². The van der Waals surface area contributed by atoms with Crippen molar-refractivity contribution in [1.82, 2.24) is 24.8 Å². The molecule has 7 nitrogen and oxygen atoms in total. The van der Waals surface area contributed by atoms with Crippen molar-refractivity contribution in [2.75, 3.05) is 27.2 Å². The number of fused-ring (bicyclic) bond motifs is 2. The SMILES string of the molecule is Cc1cc(-c2cnc3[nH]cc(-c4ccc(C(=O)N(C)C[C@@H](C)O)cc4)c3n2)cc2c1CCN(C)C2. The predicted octanol–water partition coefficient (Wildman–Crippen LogP) is 4.04. The zero-order valence-corrected chi connectivity index (χ0v) is 20.7. The Hall–Kier alpha value is -3.55. The quantitative estimate of drug-likeness (QED) is 0.461. The van der Waals surface area contributed by atoms with E-state index >= 15 is 0 Å². The minimum Gasteiger partial charge on any atom is -0.392 e. The molecule has 35 heavy (non-hydrogen) atoms. The number of amides is 1. The molecule has 0 radical (unpaired) electrons. The fraction of sp³-hybridized carbons (Fsp3) is 0.321. The molecule has 0 fully saturated rings. The molecular weight excluding hydrogens is 438 g/mol. The Bertz CT molecular complexity index is 1390. The summed E-state index contributed by atoms with van der Waals surface area (Å²) >= 11 is 0. The maximum absolute atomic E-state index is 12.6. The molecule has 0 saturated carbocycles. The fourth-order valence-corrected chi connectivity index (χ4v) is 4.95. The molecule has 0 unspecified atom stereocenters. The van der Waals surface area contributed by atoms with Crippen molar-refractivity contribution in [2.45, 2.75) is 32.9 Å². The first-order chi connectivity index (χ1) is 16.8. The molecular formula is C28H31N5O2. The Labute approximate surface area is 205 Å². The topological polar surface area (TPSA) is 85.3 Å². The summed E-state index contributed by atoms with van der Waals surface area (Å²) in [6, 6.07) is 12.0. The van der Waals surface area contributed by atoms with Gasteiger partial charge in [0.1, 0.15) is 5.52 Å². The highest BCUT2D eigenvalue weighted by Crippen LogP contribution is 2.31. The third-order valence-corrected chi connectivity index (χ3v) is 6.75. The Morgan fingerprint density at radius 2 is 2.00 bits per heavy atom. The van der Waals surface area contributed by atoms with Gasteiger partial charge < -0.3 is 19.9 Å². The van der Waals surface area contributed by atoms with E-state index in [9.17, 15) is 9.90 Å². The van der Waals surface area contributed by atoms with Crippen LogP contribution in [0.25, 0.3) is 33.5 Å². The minimum absolute atomic E-state index is 0.119. The summed E-state index contributed by atoms with van der Waals surface area (Å²) in [6.45, 7) is 6.19. The van der Waals surface area contributed by atoms with Gasteiger partial charge in [0.25, 0.3) is 5.91 Å². The van der Waals surface area contributed by atoms with Gasteiger partial charge >= 0.3 is 0 Å². The molecule has 0 bridgehead atoms. The average molecular weight is 470 g/mol. The lowest BCUT2D eigenvalue weighted by molar-refractivity contribution is 0.0703. The predicted molar refractivity (Wildman–Crippen MR) is 138 cm³/mol. The van der Waals surface area contributed by atoms with Gasteiger partial charge in [-0.05, 0) is 73.8 Å². The lowest BCUT2D eigenvalue weighted by Gasteiger charge is -2.27. The van der Waals surface area contributed by atoms with Crippen molar-refractivity contribution < 1.29 is 9.90 Å². The van der Waals surface area contributed by atoms with Gasteiger partial charge in [0.15, 0.2) is 5.65 Å². The van der Waals surface area contributed by atoms with Crippen molar-refractivity contribution in [3.8, 4) is 22.4 Å². The number of nitrogens with one attached hydrogen (secondary N) is 1. The molecule has 4 aromatic rings. The molecule has 1 aliphatic heterocycles. The Morgan fingerprint density at radius 3 is 2.74 bits per heavy atom. The van der Waals surface area contributed by atoms with Gasteiger partial charge in [-0.2, -0.15) is 0 Å². The van der Waals surface area contributed by atoms with Gasteiger partial charge in [-0.1, -0.05) is 12.1 Å². The number of rotatable bonds is 5. The van der Waals surface area contributed by atoms with Crippen LogP contribution in [0.4, 0.5) is 0 Å². The molecule has 180 valence electrons. The molecule has 1 aliphatic rings. The van der Waals surface area contributed by atoms with Crippen LogP contribution in [-0.2, 0) is 13.0 Å². The molecule has 2 aromatic heterocycles. The van der Waals surface area contributed by atoms with Gasteiger partial charge in [0.2, 0.25) is 0 Å². The summed E-state index contributed by atoms with van der Waals surface area (Å²) in [5.74, 6) is -0.119. The zero-order valence-electron chi connectivity index (χ0n) is 20.7. The van der Waals surface area contributed by atoms with E-state index in [0.717, 1.165) is 53.1 Å². The van der Waals surface area contributed by atoms with Gasteiger partial charge in [0.05, 0.1) is 18.0 Å². The number of aromatic nitrogens is 3. The van der Waals surface area contributed by atoms with Crippen LogP contribution in [0, 0.1) is 6.92 Å². The third kappa shape index (κ3) is 4.57. The van der Waals surface area contributed by atoms with Gasteiger partial charge in [-0.15, -0.1) is 0 Å². The number of carbonyl (C=O) groups is 1. The first-order valence-corrected chi connectivity index (χ1v) is 12.0. The second kappa shape index (κ2) is 9.24. The monoisotopic (exact) mass is 469 g/mol. The summed E-state index contributed by atoms with van der Waals surface area (Å²) in [6.07, 6.45) is 4.26. The van der Waals surface area contributed by atoms with E-state index in [1.165, 1.54) is 21.6 Å². The van der Waals surface area contributed by atoms with Crippen LogP contribution in [0.1, 0.15) is 34.0 Å². The van der Waals surface area contributed by atoms with Crippen molar-refractivity contribution in [2.24, 2.45) is 0 Å². The van der Waals surface area contributed by atoms with E-state index in [0.29, 0.717) is 12.1 Å². The van der Waals surface area contributed by atoms with Crippen molar-refractivity contribution in [3.05, 3.63) is 71.0 Å². The normalized spacial score (nSPS) is 14.7. The third-order valence-electron chi connectivity index (χ3n) is 6.75. The second-order valence-electron chi connectivity index (χ2n) is 9.69. The number of hydrogen-bond donors (Lipinski definition) is 2. The van der Waals surface area contributed by atoms with Gasteiger partial charge in [0, 0.05) is 49.6 Å². The number of aryl methyl sites for hydroxylation is 1. The van der Waals surface area contributed by atoms with E-state index in [1.807, 2.05) is 36.7 Å². The number of nitrogens with zero attached hydrogens (tertiary/aromatic N) is 4. The van der Waals surface area contributed by atoms with E-state index in [-0.39, 0.29) is 5.91 Å². The number of hydrogen-bond acceptors (Lipinski definition) is 5. The molecule has 0 saturated heterocycles. The van der Waals surface area contributed by atoms with Crippen LogP contribution in [0.15, 0.2) is 48.8 Å². The highest BCUT2D eigenvalue weighted by Gasteiger charge is 2.18. The number of benzene rings is 2. The van der Waals surface area contributed by atoms with E-state index in [1.54, 1.807) is 14.0 Å². The Balaban J connectivity index is 1.47. The van der Waals surface area contributed by atoms with E-state index in [2.05, 4.69) is 41.0 Å². The molecule has 2 aromatic carbocycles. The first-order valence-electron chi connectivity index (χ1n) is 12.0. The molecule has 1 atom stereocenters. The van der Waals surface area contributed by atoms with Crippen molar-refractivity contribution in [3.63, 3.8) is 0 Å². The summed E-state index contributed by atoms with van der Waals surface area (Å²) in [7, 11) is 3.85. The molecule has 0 spiro atoms. The average Bonchev–Trinajstić information content (AvgIpc) is 3.26. The summed E-state index contributed by atoms with van der Waals surface area (Å²) in [5.41, 5.74) is 10.1. The molecule has 3 heterocycles. The maximum Gasteiger partial charge on any atom is 0.253 e. The van der Waals surface area contributed by atoms with Crippen LogP contribution in [0.2, 0.25) is 0 Å². The van der Waals surface area contributed by atoms with E-state index in [4.69, 9.17) is 4.98 Å². The minimum atomic E-state index is -0.568. The standard InChI is InChI=1S/C28H31N5O2/c1-17-11-21(12-22-16-32(3)10-9-23(17)22)25-14-30-27-26(31-25)24(13-29-27)19-5-7-20(8-6-19)28(35)33(4)15-18(2)34/h5-8,11-14,18,34H,9-10,15-16H2,1-4H3,(H,29,30)/t18-/m1/s1. The highest BCUT2D eigenvalue weighted by molar-refractivity contribution is 5.96. The second-order valence-corrected chi connectivity index (χ2v) is 9.69. The molecule has 2 N–H and O–H groups in total. The molecule has 0 aliphatic carbocycles. The number of H-pyrrole nitrogens is 1. The number of aromatic amines is 1. The number of aliphatic hydroxyl groups excluding tert-OH is 1. The number of likely N-dealkylation sites (N-methyl/N-ethyl adjacent to an activating group) is 2. The number of aliphatic hydroxyl groups is 1. The summed E-state index contributed by atoms with van der Waals surface area (Å²) in [4.78, 5) is 29.4. The fourth-order valence-electron chi connectivity index (χ4n) is 4.95. The van der Waals surface area contributed by atoms with Crippen LogP contribution >= 0.6 is 0 Å².